The maximum atomic E-state index is 11.5. The van der Waals surface area contributed by atoms with Crippen LogP contribution in [0.4, 0.5) is 0 Å². The molecule has 0 aliphatic rings. The number of hydrogen-bond donors (Lipinski definition) is 1. The van der Waals surface area contributed by atoms with Crippen LogP contribution in [-0.4, -0.2) is 11.7 Å². The van der Waals surface area contributed by atoms with Crippen molar-refractivity contribution < 1.29 is 14.4 Å². The minimum Gasteiger partial charge on any atom is -0.300 e. The smallest absolute Gasteiger partial charge is 0.243 e. The number of rotatable bonds is 10. The fourth-order valence-corrected chi connectivity index (χ4v) is 1.84. The van der Waals surface area contributed by atoms with Gasteiger partial charge in [-0.2, -0.15) is 0 Å². The highest BCUT2D eigenvalue weighted by atomic mass is 16.6. The van der Waals surface area contributed by atoms with Gasteiger partial charge in [-0.05, 0) is 25.3 Å². The van der Waals surface area contributed by atoms with Crippen LogP contribution in [0.15, 0.2) is 30.3 Å². The van der Waals surface area contributed by atoms with Crippen LogP contribution in [0.1, 0.15) is 51.0 Å². The topological polar surface area (TPSA) is 55.4 Å². The van der Waals surface area contributed by atoms with Gasteiger partial charge >= 0.3 is 0 Å². The number of nitrogens with one attached hydrogen (secondary N) is 1. The average molecular weight is 277 g/mol. The molecule has 1 aromatic carbocycles. The Hall–Kier alpha value is -1.68. The molecule has 1 amide bonds. The van der Waals surface area contributed by atoms with E-state index in [4.69, 9.17) is 4.84 Å². The monoisotopic (exact) mass is 277 g/mol. The molecule has 0 spiro atoms. The van der Waals surface area contributed by atoms with E-state index in [1.54, 1.807) is 6.92 Å². The number of carbonyl (C=O) groups excluding carboxylic acids is 2. The fourth-order valence-electron chi connectivity index (χ4n) is 1.84. The lowest BCUT2D eigenvalue weighted by molar-refractivity contribution is -0.134. The Morgan fingerprint density at radius 3 is 2.30 bits per heavy atom. The molecular weight excluding hydrogens is 254 g/mol. The third-order valence-electron chi connectivity index (χ3n) is 2.95. The number of unbranched alkanes of at least 4 members (excludes halogenated alkanes) is 3. The molecule has 0 atom stereocenters. The van der Waals surface area contributed by atoms with Crippen molar-refractivity contribution in [2.24, 2.45) is 0 Å². The summed E-state index contributed by atoms with van der Waals surface area (Å²) >= 11 is 0. The number of ketones is 1. The van der Waals surface area contributed by atoms with E-state index in [-0.39, 0.29) is 11.7 Å². The Balaban J connectivity index is 1.97. The van der Waals surface area contributed by atoms with Crippen LogP contribution in [-0.2, 0) is 21.0 Å². The molecule has 20 heavy (non-hydrogen) atoms. The van der Waals surface area contributed by atoms with Gasteiger partial charge in [-0.3, -0.25) is 9.63 Å². The van der Waals surface area contributed by atoms with Crippen molar-refractivity contribution in [3.63, 3.8) is 0 Å². The molecule has 1 rings (SSSR count). The van der Waals surface area contributed by atoms with Crippen molar-refractivity contribution in [1.82, 2.24) is 5.48 Å². The van der Waals surface area contributed by atoms with Crippen molar-refractivity contribution in [1.29, 1.82) is 0 Å². The number of hydroxylamine groups is 1. The van der Waals surface area contributed by atoms with Crippen LogP contribution in [0.2, 0.25) is 0 Å². The number of benzene rings is 1. The van der Waals surface area contributed by atoms with Gasteiger partial charge < -0.3 is 4.79 Å². The summed E-state index contributed by atoms with van der Waals surface area (Å²) in [7, 11) is 0. The maximum absolute atomic E-state index is 11.5. The number of amides is 1. The Labute approximate surface area is 120 Å². The van der Waals surface area contributed by atoms with Gasteiger partial charge in [-0.15, -0.1) is 0 Å². The molecule has 0 radical (unpaired) electrons. The summed E-state index contributed by atoms with van der Waals surface area (Å²) in [4.78, 5) is 27.4. The first kappa shape index (κ1) is 16.4. The molecule has 1 aromatic rings. The van der Waals surface area contributed by atoms with Crippen LogP contribution in [0, 0.1) is 0 Å². The predicted octanol–water partition coefficient (Wildman–Crippen LogP) is 3.16. The molecule has 0 heterocycles. The van der Waals surface area contributed by atoms with Crippen molar-refractivity contribution >= 4 is 11.7 Å². The molecular formula is C16H23NO3. The zero-order valence-corrected chi connectivity index (χ0v) is 12.1. The largest absolute Gasteiger partial charge is 0.300 e. The second-order valence-electron chi connectivity index (χ2n) is 4.92. The molecule has 0 unspecified atom stereocenters. The normalized spacial score (nSPS) is 10.2. The third-order valence-corrected chi connectivity index (χ3v) is 2.95. The zero-order valence-electron chi connectivity index (χ0n) is 12.1. The van der Waals surface area contributed by atoms with Crippen LogP contribution in [0.25, 0.3) is 0 Å². The highest BCUT2D eigenvalue weighted by Gasteiger charge is 2.01. The van der Waals surface area contributed by atoms with Gasteiger partial charge in [0.25, 0.3) is 0 Å². The summed E-state index contributed by atoms with van der Waals surface area (Å²) in [6, 6.07) is 9.69. The van der Waals surface area contributed by atoms with E-state index >= 15 is 0 Å². The highest BCUT2D eigenvalue weighted by Crippen LogP contribution is 2.06. The van der Waals surface area contributed by atoms with Gasteiger partial charge in [0.15, 0.2) is 0 Å². The molecule has 0 aromatic heterocycles. The molecule has 0 bridgehead atoms. The highest BCUT2D eigenvalue weighted by molar-refractivity contribution is 5.75. The van der Waals surface area contributed by atoms with Crippen molar-refractivity contribution in [2.75, 3.05) is 0 Å². The van der Waals surface area contributed by atoms with E-state index in [2.05, 4.69) is 5.48 Å². The first-order valence-corrected chi connectivity index (χ1v) is 7.12. The molecule has 0 saturated heterocycles. The van der Waals surface area contributed by atoms with Crippen LogP contribution >= 0.6 is 0 Å². The SMILES string of the molecule is CC(=O)CCCCCCC(=O)NOCc1ccccc1. The number of Topliss-reactive ketones (excluding diaryl/α,β-unsaturated/α-hetero) is 1. The van der Waals surface area contributed by atoms with E-state index in [0.29, 0.717) is 19.4 Å². The minimum atomic E-state index is -0.0903. The van der Waals surface area contributed by atoms with E-state index in [0.717, 1.165) is 31.2 Å². The molecule has 4 heteroatoms. The number of carbonyl (C=O) groups is 2. The molecule has 110 valence electrons. The summed E-state index contributed by atoms with van der Waals surface area (Å²) in [5.74, 6) is 0.143. The van der Waals surface area contributed by atoms with Crippen LogP contribution in [0.3, 0.4) is 0 Å². The van der Waals surface area contributed by atoms with Gasteiger partial charge in [0.2, 0.25) is 5.91 Å². The molecule has 0 aliphatic carbocycles. The van der Waals surface area contributed by atoms with Crippen LogP contribution < -0.4 is 5.48 Å². The van der Waals surface area contributed by atoms with Crippen molar-refractivity contribution in [3.05, 3.63) is 35.9 Å². The van der Waals surface area contributed by atoms with Gasteiger partial charge in [-0.25, -0.2) is 5.48 Å². The maximum Gasteiger partial charge on any atom is 0.243 e. The lowest BCUT2D eigenvalue weighted by atomic mass is 10.1. The summed E-state index contributed by atoms with van der Waals surface area (Å²) in [5, 5.41) is 0. The van der Waals surface area contributed by atoms with E-state index in [1.165, 1.54) is 0 Å². The van der Waals surface area contributed by atoms with Crippen molar-refractivity contribution in [2.45, 2.75) is 52.1 Å². The lowest BCUT2D eigenvalue weighted by Crippen LogP contribution is -2.23. The number of hydrogen-bond acceptors (Lipinski definition) is 3. The predicted molar refractivity (Wildman–Crippen MR) is 77.8 cm³/mol. The van der Waals surface area contributed by atoms with Crippen LogP contribution in [0.5, 0.6) is 0 Å². The van der Waals surface area contributed by atoms with Gasteiger partial charge in [0, 0.05) is 12.8 Å². The molecule has 4 nitrogen and oxygen atoms in total. The second-order valence-corrected chi connectivity index (χ2v) is 4.92. The Bertz CT molecular complexity index is 403. The Morgan fingerprint density at radius 2 is 1.65 bits per heavy atom. The first-order valence-electron chi connectivity index (χ1n) is 7.12. The second kappa shape index (κ2) is 10.1. The Morgan fingerprint density at radius 1 is 1.00 bits per heavy atom. The standard InChI is InChI=1S/C16H23NO3/c1-14(18)9-5-2-3-8-12-16(19)17-20-13-15-10-6-4-7-11-15/h4,6-7,10-11H,2-3,5,8-9,12-13H2,1H3,(H,17,19). The zero-order chi connectivity index (χ0) is 14.6. The molecule has 1 N–H and O–H groups in total. The van der Waals surface area contributed by atoms with E-state index in [1.807, 2.05) is 30.3 Å². The van der Waals surface area contributed by atoms with Crippen molar-refractivity contribution in [3.8, 4) is 0 Å². The molecule has 0 saturated carbocycles. The van der Waals surface area contributed by atoms with E-state index < -0.39 is 0 Å². The minimum absolute atomic E-state index is 0.0903. The van der Waals surface area contributed by atoms with Gasteiger partial charge in [-0.1, -0.05) is 43.2 Å². The van der Waals surface area contributed by atoms with Gasteiger partial charge in [0.05, 0.1) is 6.61 Å². The first-order chi connectivity index (χ1) is 9.68. The Kier molecular flexibility index (Phi) is 8.31. The average Bonchev–Trinajstić information content (AvgIpc) is 2.43. The summed E-state index contributed by atoms with van der Waals surface area (Å²) in [6.07, 6.45) is 4.83. The fraction of sp³-hybridized carbons (Fsp3) is 0.500. The molecule has 0 fully saturated rings. The summed E-state index contributed by atoms with van der Waals surface area (Å²) < 4.78 is 0. The van der Waals surface area contributed by atoms with Gasteiger partial charge in [0.1, 0.15) is 5.78 Å². The lowest BCUT2D eigenvalue weighted by Gasteiger charge is -2.06. The molecule has 0 aliphatic heterocycles. The summed E-state index contributed by atoms with van der Waals surface area (Å²) in [5.41, 5.74) is 3.47. The third kappa shape index (κ3) is 8.43. The van der Waals surface area contributed by atoms with E-state index in [9.17, 15) is 9.59 Å². The summed E-state index contributed by atoms with van der Waals surface area (Å²) in [6.45, 7) is 1.99. The quantitative estimate of drug-likeness (QED) is 0.528.